The van der Waals surface area contributed by atoms with Crippen LogP contribution in [0.3, 0.4) is 0 Å². The summed E-state index contributed by atoms with van der Waals surface area (Å²) in [6.45, 7) is 8.36. The van der Waals surface area contributed by atoms with Crippen LogP contribution in [0.5, 0.6) is 11.5 Å². The van der Waals surface area contributed by atoms with E-state index in [-0.39, 0.29) is 18.2 Å². The van der Waals surface area contributed by atoms with Crippen molar-refractivity contribution in [3.8, 4) is 17.2 Å². The van der Waals surface area contributed by atoms with Crippen molar-refractivity contribution < 1.29 is 9.47 Å². The van der Waals surface area contributed by atoms with E-state index in [0.717, 1.165) is 40.0 Å². The molecule has 2 atom stereocenters. The van der Waals surface area contributed by atoms with Crippen LogP contribution in [0.4, 0.5) is 5.69 Å². The van der Waals surface area contributed by atoms with Gasteiger partial charge < -0.3 is 24.3 Å². The standard InChI is InChI=1S/C30H32N4O2S/c1-19(2)36-25-15-11-23(12-16-25)34-29(28(32-30(34)37)27-8-6-7-17-31-27)26-18-20(3)33(21(26)4)22-9-13-24(35-5)14-10-22/h6-19,28-29H,1-5H3,(H,32,37). The van der Waals surface area contributed by atoms with E-state index in [9.17, 15) is 0 Å². The lowest BCUT2D eigenvalue weighted by atomic mass is 9.96. The number of thiocarbonyl (C=S) groups is 1. The second-order valence-electron chi connectivity index (χ2n) is 9.52. The van der Waals surface area contributed by atoms with E-state index in [1.165, 1.54) is 5.56 Å². The number of ether oxygens (including phenoxy) is 2. The topological polar surface area (TPSA) is 51.5 Å². The monoisotopic (exact) mass is 512 g/mol. The van der Waals surface area contributed by atoms with Crippen molar-refractivity contribution in [3.05, 3.63) is 102 Å². The molecule has 2 aromatic carbocycles. The van der Waals surface area contributed by atoms with Gasteiger partial charge in [0.05, 0.1) is 31.0 Å². The Kier molecular flexibility index (Phi) is 6.89. The van der Waals surface area contributed by atoms with E-state index < -0.39 is 0 Å². The van der Waals surface area contributed by atoms with E-state index in [0.29, 0.717) is 5.11 Å². The number of hydrogen-bond donors (Lipinski definition) is 1. The number of benzene rings is 2. The molecule has 4 aromatic rings. The molecular weight excluding hydrogens is 480 g/mol. The van der Waals surface area contributed by atoms with Crippen LogP contribution >= 0.6 is 12.2 Å². The van der Waals surface area contributed by atoms with Gasteiger partial charge in [0.25, 0.3) is 0 Å². The minimum atomic E-state index is -0.106. The van der Waals surface area contributed by atoms with Crippen LogP contribution in [0.2, 0.25) is 0 Å². The molecule has 3 heterocycles. The summed E-state index contributed by atoms with van der Waals surface area (Å²) in [5.74, 6) is 1.68. The van der Waals surface area contributed by atoms with Crippen molar-refractivity contribution in [3.63, 3.8) is 0 Å². The van der Waals surface area contributed by atoms with Crippen molar-refractivity contribution in [2.75, 3.05) is 12.0 Å². The molecule has 2 aromatic heterocycles. The van der Waals surface area contributed by atoms with Crippen LogP contribution in [0.1, 0.15) is 48.6 Å². The highest BCUT2D eigenvalue weighted by molar-refractivity contribution is 7.80. The molecule has 1 fully saturated rings. The summed E-state index contributed by atoms with van der Waals surface area (Å²) in [4.78, 5) is 6.89. The number of aryl methyl sites for hydroxylation is 1. The average molecular weight is 513 g/mol. The summed E-state index contributed by atoms with van der Waals surface area (Å²) in [5, 5.41) is 4.24. The van der Waals surface area contributed by atoms with Gasteiger partial charge in [-0.05, 0) is 112 Å². The van der Waals surface area contributed by atoms with Gasteiger partial charge in [0.15, 0.2) is 5.11 Å². The van der Waals surface area contributed by atoms with E-state index in [4.69, 9.17) is 26.7 Å². The molecule has 7 heteroatoms. The molecule has 0 saturated carbocycles. The fourth-order valence-corrected chi connectivity index (χ4v) is 5.47. The number of methoxy groups -OCH3 is 1. The Hall–Kier alpha value is -3.84. The van der Waals surface area contributed by atoms with Crippen LogP contribution < -0.4 is 19.7 Å². The molecule has 0 radical (unpaired) electrons. The van der Waals surface area contributed by atoms with Gasteiger partial charge in [0, 0.05) is 29.0 Å². The zero-order valence-corrected chi connectivity index (χ0v) is 22.6. The first-order valence-corrected chi connectivity index (χ1v) is 12.9. The summed E-state index contributed by atoms with van der Waals surface area (Å²) < 4.78 is 13.5. The van der Waals surface area contributed by atoms with Gasteiger partial charge in [-0.25, -0.2) is 0 Å². The normalized spacial score (nSPS) is 17.2. The predicted octanol–water partition coefficient (Wildman–Crippen LogP) is 6.46. The molecule has 0 amide bonds. The van der Waals surface area contributed by atoms with E-state index in [1.54, 1.807) is 7.11 Å². The lowest BCUT2D eigenvalue weighted by Gasteiger charge is -2.28. The van der Waals surface area contributed by atoms with Crippen molar-refractivity contribution in [1.82, 2.24) is 14.9 Å². The van der Waals surface area contributed by atoms with E-state index >= 15 is 0 Å². The highest BCUT2D eigenvalue weighted by Gasteiger charge is 2.42. The third-order valence-corrected chi connectivity index (χ3v) is 7.02. The first-order valence-electron chi connectivity index (χ1n) is 12.5. The molecule has 190 valence electrons. The maximum Gasteiger partial charge on any atom is 0.174 e. The van der Waals surface area contributed by atoms with E-state index in [1.807, 2.05) is 56.4 Å². The Morgan fingerprint density at radius 3 is 2.22 bits per heavy atom. The SMILES string of the molecule is COc1ccc(-n2c(C)cc(C3C(c4ccccn4)NC(=S)N3c3ccc(OC(C)C)cc3)c2C)cc1. The van der Waals surface area contributed by atoms with Crippen LogP contribution in [0.25, 0.3) is 5.69 Å². The smallest absolute Gasteiger partial charge is 0.174 e. The Bertz CT molecular complexity index is 1380. The highest BCUT2D eigenvalue weighted by Crippen LogP contribution is 2.44. The molecule has 1 N–H and O–H groups in total. The second-order valence-corrected chi connectivity index (χ2v) is 9.90. The third-order valence-electron chi connectivity index (χ3n) is 6.70. The van der Waals surface area contributed by atoms with Crippen LogP contribution in [0.15, 0.2) is 79.0 Å². The van der Waals surface area contributed by atoms with Gasteiger partial charge in [-0.1, -0.05) is 6.07 Å². The number of nitrogens with zero attached hydrogens (tertiary/aromatic N) is 3. The molecule has 0 aliphatic carbocycles. The van der Waals surface area contributed by atoms with Gasteiger partial charge >= 0.3 is 0 Å². The molecule has 2 unspecified atom stereocenters. The largest absolute Gasteiger partial charge is 0.497 e. The van der Waals surface area contributed by atoms with Crippen molar-refractivity contribution in [2.24, 2.45) is 0 Å². The quantitative estimate of drug-likeness (QED) is 0.287. The van der Waals surface area contributed by atoms with Crippen molar-refractivity contribution >= 4 is 23.0 Å². The number of aromatic nitrogens is 2. The summed E-state index contributed by atoms with van der Waals surface area (Å²) in [6.07, 6.45) is 1.95. The Labute approximate surface area is 223 Å². The molecule has 0 spiro atoms. The highest BCUT2D eigenvalue weighted by atomic mass is 32.1. The molecule has 6 nitrogen and oxygen atoms in total. The van der Waals surface area contributed by atoms with Gasteiger partial charge in [0.2, 0.25) is 0 Å². The maximum absolute atomic E-state index is 5.92. The van der Waals surface area contributed by atoms with Gasteiger partial charge in [0.1, 0.15) is 11.5 Å². The first kappa shape index (κ1) is 24.8. The lowest BCUT2D eigenvalue weighted by molar-refractivity contribution is 0.242. The van der Waals surface area contributed by atoms with Crippen molar-refractivity contribution in [1.29, 1.82) is 0 Å². The molecule has 0 bridgehead atoms. The van der Waals surface area contributed by atoms with Crippen LogP contribution in [-0.4, -0.2) is 27.9 Å². The average Bonchev–Trinajstić information content (AvgIpc) is 3.39. The number of hydrogen-bond acceptors (Lipinski definition) is 4. The maximum atomic E-state index is 5.92. The fourth-order valence-electron chi connectivity index (χ4n) is 5.12. The summed E-state index contributed by atoms with van der Waals surface area (Å²) >= 11 is 5.92. The zero-order chi connectivity index (χ0) is 26.1. The van der Waals surface area contributed by atoms with Crippen molar-refractivity contribution in [2.45, 2.75) is 45.9 Å². The third kappa shape index (κ3) is 4.79. The minimum Gasteiger partial charge on any atom is -0.497 e. The van der Waals surface area contributed by atoms with Crippen LogP contribution in [-0.2, 0) is 0 Å². The summed E-state index contributed by atoms with van der Waals surface area (Å²) in [6, 6.07) is 24.4. The number of anilines is 1. The second kappa shape index (κ2) is 10.3. The molecule has 1 saturated heterocycles. The molecule has 1 aliphatic heterocycles. The minimum absolute atomic E-state index is 0.0857. The summed E-state index contributed by atoms with van der Waals surface area (Å²) in [5.41, 5.74) is 6.55. The fraction of sp³-hybridized carbons (Fsp3) is 0.267. The summed E-state index contributed by atoms with van der Waals surface area (Å²) in [7, 11) is 1.68. The molecule has 5 rings (SSSR count). The Balaban J connectivity index is 1.61. The lowest BCUT2D eigenvalue weighted by Crippen LogP contribution is -2.29. The van der Waals surface area contributed by atoms with Gasteiger partial charge in [-0.15, -0.1) is 0 Å². The Morgan fingerprint density at radius 1 is 0.919 bits per heavy atom. The van der Waals surface area contributed by atoms with Crippen LogP contribution in [0, 0.1) is 13.8 Å². The molecular formula is C30H32N4O2S. The van der Waals surface area contributed by atoms with E-state index in [2.05, 4.69) is 65.0 Å². The van der Waals surface area contributed by atoms with Gasteiger partial charge in [-0.2, -0.15) is 0 Å². The number of pyridine rings is 1. The molecule has 1 aliphatic rings. The predicted molar refractivity (Wildman–Crippen MR) is 152 cm³/mol. The number of nitrogens with one attached hydrogen (secondary N) is 1. The molecule has 37 heavy (non-hydrogen) atoms. The van der Waals surface area contributed by atoms with Gasteiger partial charge in [-0.3, -0.25) is 4.98 Å². The zero-order valence-electron chi connectivity index (χ0n) is 21.8. The Morgan fingerprint density at radius 2 is 1.59 bits per heavy atom. The number of rotatable bonds is 7. The first-order chi connectivity index (χ1) is 17.9.